The van der Waals surface area contributed by atoms with Gasteiger partial charge in [0.25, 0.3) is 11.8 Å². The monoisotopic (exact) mass is 580 g/mol. The molecule has 0 aromatic heterocycles. The molecule has 0 spiro atoms. The lowest BCUT2D eigenvalue weighted by atomic mass is 10.0. The largest absolute Gasteiger partial charge is 0.361 e. The number of hydrogen-bond acceptors (Lipinski definition) is 6. The van der Waals surface area contributed by atoms with Gasteiger partial charge in [0.2, 0.25) is 0 Å². The van der Waals surface area contributed by atoms with E-state index in [1.54, 1.807) is 12.4 Å². The van der Waals surface area contributed by atoms with E-state index in [0.29, 0.717) is 22.6 Å². The normalized spacial score (nSPS) is 16.5. The molecule has 0 bridgehead atoms. The predicted molar refractivity (Wildman–Crippen MR) is 179 cm³/mol. The van der Waals surface area contributed by atoms with Crippen LogP contribution < -0.4 is 20.7 Å². The van der Waals surface area contributed by atoms with Crippen molar-refractivity contribution in [1.82, 2.24) is 0 Å². The molecule has 2 aliphatic heterocycles. The van der Waals surface area contributed by atoms with E-state index in [4.69, 9.17) is 0 Å². The summed E-state index contributed by atoms with van der Waals surface area (Å²) in [4.78, 5) is 26.0. The van der Waals surface area contributed by atoms with Crippen molar-refractivity contribution in [3.8, 4) is 11.1 Å². The van der Waals surface area contributed by atoms with Crippen molar-refractivity contribution in [1.29, 1.82) is 0 Å². The third-order valence-electron chi connectivity index (χ3n) is 7.55. The predicted octanol–water partition coefficient (Wildman–Crippen LogP) is 7.41. The Morgan fingerprint density at radius 1 is 0.500 bits per heavy atom. The van der Waals surface area contributed by atoms with Crippen molar-refractivity contribution < 1.29 is 9.59 Å². The van der Waals surface area contributed by atoms with Crippen molar-refractivity contribution in [3.05, 3.63) is 132 Å². The summed E-state index contributed by atoms with van der Waals surface area (Å²) in [5.41, 5.74) is 9.93. The standard InChI is InChI=1S/C36H32N6O2/c1-23-5-17-31(18-6-23)41-35(43)33(25(3)39-41)21-37-29-13-9-27(10-14-29)28-11-15-30(16-12-28)38-22-34-26(4)40-42(36(34)44)32-19-7-24(2)8-20-32/h5-22,37-38H,1-4H3/b33-21-,34-22-. The van der Waals surface area contributed by atoms with Crippen LogP contribution in [0, 0.1) is 13.8 Å². The van der Waals surface area contributed by atoms with E-state index in [9.17, 15) is 9.59 Å². The van der Waals surface area contributed by atoms with Crippen LogP contribution in [0.5, 0.6) is 0 Å². The fraction of sp³-hybridized carbons (Fsp3) is 0.111. The van der Waals surface area contributed by atoms with Crippen molar-refractivity contribution in [2.24, 2.45) is 10.2 Å². The summed E-state index contributed by atoms with van der Waals surface area (Å²) in [5, 5.41) is 18.2. The van der Waals surface area contributed by atoms with Crippen LogP contribution in [-0.2, 0) is 9.59 Å². The van der Waals surface area contributed by atoms with Crippen molar-refractivity contribution in [3.63, 3.8) is 0 Å². The molecule has 0 radical (unpaired) electrons. The number of amides is 2. The molecule has 0 fully saturated rings. The van der Waals surface area contributed by atoms with Crippen LogP contribution >= 0.6 is 0 Å². The highest BCUT2D eigenvalue weighted by atomic mass is 16.2. The molecule has 0 atom stereocenters. The first-order valence-electron chi connectivity index (χ1n) is 14.3. The summed E-state index contributed by atoms with van der Waals surface area (Å²) >= 11 is 0. The summed E-state index contributed by atoms with van der Waals surface area (Å²) in [7, 11) is 0. The highest BCUT2D eigenvalue weighted by Gasteiger charge is 2.29. The molecule has 4 aromatic carbocycles. The molecule has 2 aliphatic rings. The van der Waals surface area contributed by atoms with E-state index in [1.165, 1.54) is 10.0 Å². The molecule has 44 heavy (non-hydrogen) atoms. The number of nitrogens with one attached hydrogen (secondary N) is 2. The number of carbonyl (C=O) groups excluding carboxylic acids is 2. The maximum Gasteiger partial charge on any atom is 0.282 e. The van der Waals surface area contributed by atoms with Gasteiger partial charge in [0.05, 0.1) is 33.9 Å². The fourth-order valence-electron chi connectivity index (χ4n) is 4.92. The summed E-state index contributed by atoms with van der Waals surface area (Å²) in [5.74, 6) is -0.327. The lowest BCUT2D eigenvalue weighted by molar-refractivity contribution is -0.115. The molecule has 218 valence electrons. The SMILES string of the molecule is CC1=NN(c2ccc(C)cc2)C(=O)/C1=C\Nc1ccc(-c2ccc(N/C=C3\C(=O)N(c4ccc(C)cc4)N=C3C)cc2)cc1. The van der Waals surface area contributed by atoms with E-state index in [0.717, 1.165) is 45.0 Å². The summed E-state index contributed by atoms with van der Waals surface area (Å²) in [6.07, 6.45) is 3.42. The molecule has 0 saturated carbocycles. The second kappa shape index (κ2) is 11.9. The Kier molecular flexibility index (Phi) is 7.64. The maximum absolute atomic E-state index is 13.0. The number of hydrazone groups is 2. The molecular weight excluding hydrogens is 548 g/mol. The van der Waals surface area contributed by atoms with Crippen LogP contribution in [0.25, 0.3) is 11.1 Å². The second-order valence-electron chi connectivity index (χ2n) is 10.8. The molecule has 2 N–H and O–H groups in total. The first kappa shape index (κ1) is 28.4. The summed E-state index contributed by atoms with van der Waals surface area (Å²) < 4.78 is 0. The molecular formula is C36H32N6O2. The van der Waals surface area contributed by atoms with E-state index >= 15 is 0 Å². The smallest absolute Gasteiger partial charge is 0.282 e. The Balaban J connectivity index is 1.08. The molecule has 0 unspecified atom stereocenters. The van der Waals surface area contributed by atoms with E-state index in [-0.39, 0.29) is 11.8 Å². The minimum Gasteiger partial charge on any atom is -0.361 e. The van der Waals surface area contributed by atoms with E-state index < -0.39 is 0 Å². The number of nitrogens with zero attached hydrogens (tertiary/aromatic N) is 4. The Morgan fingerprint density at radius 2 is 0.841 bits per heavy atom. The number of benzene rings is 4. The molecule has 2 amide bonds. The lowest BCUT2D eigenvalue weighted by Crippen LogP contribution is -2.21. The number of aryl methyl sites for hydroxylation is 2. The van der Waals surface area contributed by atoms with Gasteiger partial charge in [-0.05, 0) is 87.4 Å². The molecule has 0 aliphatic carbocycles. The highest BCUT2D eigenvalue weighted by Crippen LogP contribution is 2.27. The Hall–Kier alpha value is -5.76. The van der Waals surface area contributed by atoms with E-state index in [1.807, 2.05) is 125 Å². The highest BCUT2D eigenvalue weighted by molar-refractivity contribution is 6.30. The number of hydrogen-bond donors (Lipinski definition) is 2. The zero-order chi connectivity index (χ0) is 30.8. The van der Waals surface area contributed by atoms with Crippen LogP contribution in [0.2, 0.25) is 0 Å². The first-order valence-corrected chi connectivity index (χ1v) is 14.3. The van der Waals surface area contributed by atoms with Crippen LogP contribution in [0.4, 0.5) is 22.7 Å². The molecule has 8 nitrogen and oxygen atoms in total. The number of carbonyl (C=O) groups is 2. The van der Waals surface area contributed by atoms with Gasteiger partial charge in [-0.25, -0.2) is 0 Å². The average Bonchev–Trinajstić information content (AvgIpc) is 3.48. The van der Waals surface area contributed by atoms with Crippen LogP contribution in [0.15, 0.2) is 131 Å². The van der Waals surface area contributed by atoms with Gasteiger partial charge in [0.15, 0.2) is 0 Å². The third-order valence-corrected chi connectivity index (χ3v) is 7.55. The molecule has 4 aromatic rings. The molecule has 0 saturated heterocycles. The fourth-order valence-corrected chi connectivity index (χ4v) is 4.92. The molecule has 8 heteroatoms. The lowest BCUT2D eigenvalue weighted by Gasteiger charge is -2.12. The quantitative estimate of drug-likeness (QED) is 0.223. The van der Waals surface area contributed by atoms with Gasteiger partial charge in [0, 0.05) is 23.8 Å². The topological polar surface area (TPSA) is 89.4 Å². The Labute approximate surface area is 256 Å². The zero-order valence-corrected chi connectivity index (χ0v) is 25.0. The van der Waals surface area contributed by atoms with Gasteiger partial charge in [-0.15, -0.1) is 0 Å². The van der Waals surface area contributed by atoms with Crippen molar-refractivity contribution >= 4 is 46.0 Å². The van der Waals surface area contributed by atoms with Crippen molar-refractivity contribution in [2.45, 2.75) is 27.7 Å². The number of anilines is 4. The van der Waals surface area contributed by atoms with Crippen LogP contribution in [0.1, 0.15) is 25.0 Å². The van der Waals surface area contributed by atoms with Crippen LogP contribution in [-0.4, -0.2) is 23.2 Å². The number of rotatable bonds is 7. The Bertz CT molecular complexity index is 1710. The molecule has 6 rings (SSSR count). The Morgan fingerprint density at radius 3 is 1.18 bits per heavy atom. The minimum absolute atomic E-state index is 0.164. The van der Waals surface area contributed by atoms with Gasteiger partial charge >= 0.3 is 0 Å². The van der Waals surface area contributed by atoms with Gasteiger partial charge in [0.1, 0.15) is 0 Å². The second-order valence-corrected chi connectivity index (χ2v) is 10.8. The van der Waals surface area contributed by atoms with Gasteiger partial charge in [-0.1, -0.05) is 59.7 Å². The van der Waals surface area contributed by atoms with Gasteiger partial charge in [-0.3, -0.25) is 9.59 Å². The maximum atomic E-state index is 13.0. The van der Waals surface area contributed by atoms with E-state index in [2.05, 4.69) is 20.8 Å². The zero-order valence-electron chi connectivity index (χ0n) is 25.0. The van der Waals surface area contributed by atoms with Gasteiger partial charge < -0.3 is 10.6 Å². The van der Waals surface area contributed by atoms with Crippen LogP contribution in [0.3, 0.4) is 0 Å². The van der Waals surface area contributed by atoms with Crippen molar-refractivity contribution in [2.75, 3.05) is 20.7 Å². The first-order chi connectivity index (χ1) is 21.3. The van der Waals surface area contributed by atoms with Gasteiger partial charge in [-0.2, -0.15) is 20.2 Å². The summed E-state index contributed by atoms with van der Waals surface area (Å²) in [6.45, 7) is 7.68. The average molecular weight is 581 g/mol. The minimum atomic E-state index is -0.164. The summed E-state index contributed by atoms with van der Waals surface area (Å²) in [6, 6.07) is 31.4. The third kappa shape index (κ3) is 5.78. The molecule has 2 heterocycles.